The molecule has 0 aliphatic carbocycles. The SMILES string of the molecule is Fc1ccc(=S)[nH]n1. The van der Waals surface area contributed by atoms with Gasteiger partial charge in [-0.3, -0.25) is 5.10 Å². The summed E-state index contributed by atoms with van der Waals surface area (Å²) in [6.07, 6.45) is 0. The molecule has 1 heterocycles. The van der Waals surface area contributed by atoms with E-state index in [0.29, 0.717) is 4.64 Å². The lowest BCUT2D eigenvalue weighted by Crippen LogP contribution is -1.83. The van der Waals surface area contributed by atoms with Gasteiger partial charge in [0.2, 0.25) is 5.95 Å². The van der Waals surface area contributed by atoms with Gasteiger partial charge in [-0.05, 0) is 12.1 Å². The van der Waals surface area contributed by atoms with Crippen LogP contribution < -0.4 is 0 Å². The highest BCUT2D eigenvalue weighted by molar-refractivity contribution is 7.71. The summed E-state index contributed by atoms with van der Waals surface area (Å²) in [5, 5.41) is 5.47. The topological polar surface area (TPSA) is 28.7 Å². The van der Waals surface area contributed by atoms with E-state index in [1.807, 2.05) is 0 Å². The van der Waals surface area contributed by atoms with Gasteiger partial charge < -0.3 is 0 Å². The molecule has 0 aromatic carbocycles. The van der Waals surface area contributed by atoms with Gasteiger partial charge in [0, 0.05) is 0 Å². The highest BCUT2D eigenvalue weighted by atomic mass is 32.1. The quantitative estimate of drug-likeness (QED) is 0.536. The minimum Gasteiger partial charge on any atom is -0.265 e. The number of nitrogens with one attached hydrogen (secondary N) is 1. The van der Waals surface area contributed by atoms with Crippen molar-refractivity contribution in [3.05, 3.63) is 22.7 Å². The van der Waals surface area contributed by atoms with Crippen LogP contribution in [-0.4, -0.2) is 10.2 Å². The number of rotatable bonds is 0. The molecule has 0 aliphatic rings. The highest BCUT2D eigenvalue weighted by Crippen LogP contribution is 1.86. The minimum atomic E-state index is -0.543. The molecule has 1 N–H and O–H groups in total. The second-order valence-corrected chi connectivity index (χ2v) is 1.68. The van der Waals surface area contributed by atoms with Crippen molar-refractivity contribution in [2.24, 2.45) is 0 Å². The average molecular weight is 130 g/mol. The first kappa shape index (κ1) is 5.37. The normalized spacial score (nSPS) is 9.12. The standard InChI is InChI=1S/C4H3FN2S/c5-3-1-2-4(8)7-6-3/h1-2H,(H,7,8). The van der Waals surface area contributed by atoms with E-state index in [2.05, 4.69) is 22.4 Å². The summed E-state index contributed by atoms with van der Waals surface area (Å²) >= 11 is 4.59. The molecule has 2 nitrogen and oxygen atoms in total. The number of H-pyrrole nitrogens is 1. The van der Waals surface area contributed by atoms with E-state index in [4.69, 9.17) is 0 Å². The predicted molar refractivity (Wildman–Crippen MR) is 29.4 cm³/mol. The molecule has 0 unspecified atom stereocenters. The molecule has 0 bridgehead atoms. The summed E-state index contributed by atoms with van der Waals surface area (Å²) in [4.78, 5) is 0. The average Bonchev–Trinajstić information content (AvgIpc) is 1.77. The van der Waals surface area contributed by atoms with Gasteiger partial charge in [-0.1, -0.05) is 12.2 Å². The molecule has 42 valence electrons. The highest BCUT2D eigenvalue weighted by Gasteiger charge is 1.82. The van der Waals surface area contributed by atoms with Gasteiger partial charge in [-0.15, -0.1) is 5.10 Å². The van der Waals surface area contributed by atoms with Crippen LogP contribution in [0.15, 0.2) is 12.1 Å². The van der Waals surface area contributed by atoms with Crippen LogP contribution in [-0.2, 0) is 0 Å². The molecule has 1 aromatic heterocycles. The van der Waals surface area contributed by atoms with Crippen molar-refractivity contribution in [2.75, 3.05) is 0 Å². The van der Waals surface area contributed by atoms with E-state index in [1.54, 1.807) is 0 Å². The lowest BCUT2D eigenvalue weighted by molar-refractivity contribution is 0.562. The maximum atomic E-state index is 11.9. The van der Waals surface area contributed by atoms with Gasteiger partial charge in [0.05, 0.1) is 0 Å². The number of aromatic amines is 1. The van der Waals surface area contributed by atoms with Gasteiger partial charge in [-0.25, -0.2) is 0 Å². The number of hydrogen-bond acceptors (Lipinski definition) is 2. The number of nitrogens with zero attached hydrogens (tertiary/aromatic N) is 1. The Hall–Kier alpha value is -0.770. The monoisotopic (exact) mass is 130 g/mol. The number of halogens is 1. The van der Waals surface area contributed by atoms with Crippen molar-refractivity contribution in [2.45, 2.75) is 0 Å². The summed E-state index contributed by atoms with van der Waals surface area (Å²) in [6, 6.07) is 2.65. The van der Waals surface area contributed by atoms with Gasteiger partial charge in [0.1, 0.15) is 4.64 Å². The van der Waals surface area contributed by atoms with Gasteiger partial charge in [-0.2, -0.15) is 4.39 Å². The summed E-state index contributed by atoms with van der Waals surface area (Å²) in [7, 11) is 0. The molecule has 0 atom stereocenters. The van der Waals surface area contributed by atoms with E-state index in [1.165, 1.54) is 12.1 Å². The van der Waals surface area contributed by atoms with E-state index in [9.17, 15) is 4.39 Å². The zero-order chi connectivity index (χ0) is 5.98. The van der Waals surface area contributed by atoms with E-state index >= 15 is 0 Å². The van der Waals surface area contributed by atoms with E-state index < -0.39 is 5.95 Å². The number of hydrogen-bond donors (Lipinski definition) is 1. The predicted octanol–water partition coefficient (Wildman–Crippen LogP) is 1.28. The molecule has 0 fully saturated rings. The summed E-state index contributed by atoms with van der Waals surface area (Å²) in [5.74, 6) is -0.543. The third-order valence-electron chi connectivity index (χ3n) is 0.645. The first-order valence-corrected chi connectivity index (χ1v) is 2.41. The molecular formula is C4H3FN2S. The van der Waals surface area contributed by atoms with Gasteiger partial charge >= 0.3 is 0 Å². The molecule has 0 radical (unpaired) electrons. The second kappa shape index (κ2) is 2.00. The van der Waals surface area contributed by atoms with Crippen LogP contribution in [0.3, 0.4) is 0 Å². The van der Waals surface area contributed by atoms with Crippen LogP contribution in [0.5, 0.6) is 0 Å². The first-order valence-electron chi connectivity index (χ1n) is 2.00. The fourth-order valence-electron chi connectivity index (χ4n) is 0.327. The van der Waals surface area contributed by atoms with Crippen LogP contribution in [0.1, 0.15) is 0 Å². The van der Waals surface area contributed by atoms with Crippen molar-refractivity contribution in [1.29, 1.82) is 0 Å². The van der Waals surface area contributed by atoms with Crippen molar-refractivity contribution >= 4 is 12.2 Å². The molecular weight excluding hydrogens is 127 g/mol. The Kier molecular flexibility index (Phi) is 1.34. The smallest absolute Gasteiger partial charge is 0.231 e. The Bertz CT molecular complexity index is 211. The molecule has 1 rings (SSSR count). The van der Waals surface area contributed by atoms with Crippen LogP contribution in [0.2, 0.25) is 0 Å². The molecule has 4 heteroatoms. The van der Waals surface area contributed by atoms with Gasteiger partial charge in [0.25, 0.3) is 0 Å². The largest absolute Gasteiger partial charge is 0.265 e. The Labute approximate surface area is 50.4 Å². The van der Waals surface area contributed by atoms with Crippen LogP contribution >= 0.6 is 12.2 Å². The Morgan fingerprint density at radius 3 is 2.75 bits per heavy atom. The maximum Gasteiger partial charge on any atom is 0.231 e. The fourth-order valence-corrected chi connectivity index (χ4v) is 0.441. The van der Waals surface area contributed by atoms with Crippen molar-refractivity contribution in [1.82, 2.24) is 10.2 Å². The molecule has 0 spiro atoms. The van der Waals surface area contributed by atoms with Crippen LogP contribution in [0.25, 0.3) is 0 Å². The minimum absolute atomic E-state index is 0.436. The van der Waals surface area contributed by atoms with E-state index in [0.717, 1.165) is 0 Å². The Morgan fingerprint density at radius 2 is 2.38 bits per heavy atom. The third kappa shape index (κ3) is 1.10. The van der Waals surface area contributed by atoms with Crippen LogP contribution in [0, 0.1) is 10.6 Å². The molecule has 0 amide bonds. The molecule has 1 aromatic rings. The molecule has 0 aliphatic heterocycles. The lowest BCUT2D eigenvalue weighted by Gasteiger charge is -1.81. The lowest BCUT2D eigenvalue weighted by atomic mass is 10.6. The third-order valence-corrected chi connectivity index (χ3v) is 0.873. The van der Waals surface area contributed by atoms with Crippen molar-refractivity contribution in [3.8, 4) is 0 Å². The zero-order valence-corrected chi connectivity index (χ0v) is 4.70. The maximum absolute atomic E-state index is 11.9. The number of aromatic nitrogens is 2. The van der Waals surface area contributed by atoms with Crippen molar-refractivity contribution in [3.63, 3.8) is 0 Å². The summed E-state index contributed by atoms with van der Waals surface area (Å²) in [5.41, 5.74) is 0. The van der Waals surface area contributed by atoms with Crippen molar-refractivity contribution < 1.29 is 4.39 Å². The summed E-state index contributed by atoms with van der Waals surface area (Å²) in [6.45, 7) is 0. The Morgan fingerprint density at radius 1 is 1.62 bits per heavy atom. The molecule has 8 heavy (non-hydrogen) atoms. The molecule has 0 saturated carbocycles. The zero-order valence-electron chi connectivity index (χ0n) is 3.89. The van der Waals surface area contributed by atoms with E-state index in [-0.39, 0.29) is 0 Å². The fraction of sp³-hybridized carbons (Fsp3) is 0. The van der Waals surface area contributed by atoms with Crippen LogP contribution in [0.4, 0.5) is 4.39 Å². The summed E-state index contributed by atoms with van der Waals surface area (Å²) < 4.78 is 12.3. The Balaban J connectivity index is 3.22. The second-order valence-electron chi connectivity index (χ2n) is 1.24. The van der Waals surface area contributed by atoms with Gasteiger partial charge in [0.15, 0.2) is 0 Å². The first-order chi connectivity index (χ1) is 3.79. The molecule has 0 saturated heterocycles.